The topological polar surface area (TPSA) is 62.2 Å². The summed E-state index contributed by atoms with van der Waals surface area (Å²) >= 11 is 0. The third-order valence-corrected chi connectivity index (χ3v) is 8.66. The summed E-state index contributed by atoms with van der Waals surface area (Å²) in [5.74, 6) is 2.02. The summed E-state index contributed by atoms with van der Waals surface area (Å²) in [6.07, 6.45) is 11.1. The van der Waals surface area contributed by atoms with Crippen LogP contribution in [0.25, 0.3) is 11.5 Å². The molecular formula is C41H48N2O4. The smallest absolute Gasteiger partial charge is 0.200 e. The van der Waals surface area contributed by atoms with E-state index in [0.29, 0.717) is 11.3 Å². The molecule has 3 aliphatic rings. The predicted octanol–water partition coefficient (Wildman–Crippen LogP) is 9.17. The molecule has 0 bridgehead atoms. The number of aliphatic hydroxyl groups is 1. The molecule has 0 aromatic heterocycles. The minimum absolute atomic E-state index is 0.00778. The van der Waals surface area contributed by atoms with E-state index >= 15 is 0 Å². The van der Waals surface area contributed by atoms with E-state index in [1.165, 1.54) is 0 Å². The zero-order chi connectivity index (χ0) is 34.3. The molecule has 2 aromatic rings. The normalized spacial score (nSPS) is 20.1. The van der Waals surface area contributed by atoms with E-state index in [1.54, 1.807) is 12.2 Å². The second-order valence-electron chi connectivity index (χ2n) is 14.7. The molecule has 0 amide bonds. The maximum Gasteiger partial charge on any atom is 0.200 e. The summed E-state index contributed by atoms with van der Waals surface area (Å²) in [5, 5.41) is 11.2. The Kier molecular flexibility index (Phi) is 9.18. The zero-order valence-corrected chi connectivity index (χ0v) is 29.4. The molecular weight excluding hydrogens is 584 g/mol. The van der Waals surface area contributed by atoms with Gasteiger partial charge in [0.25, 0.3) is 0 Å². The van der Waals surface area contributed by atoms with Crippen molar-refractivity contribution >= 4 is 28.7 Å². The van der Waals surface area contributed by atoms with Gasteiger partial charge in [0.05, 0.1) is 11.1 Å². The average molecular weight is 633 g/mol. The highest BCUT2D eigenvalue weighted by molar-refractivity contribution is 6.21. The molecule has 6 nitrogen and oxygen atoms in total. The van der Waals surface area contributed by atoms with Gasteiger partial charge in [0.15, 0.2) is 0 Å². The number of rotatable bonds is 7. The van der Waals surface area contributed by atoms with Gasteiger partial charge in [-0.05, 0) is 103 Å². The van der Waals surface area contributed by atoms with Crippen LogP contribution >= 0.6 is 0 Å². The van der Waals surface area contributed by atoms with E-state index < -0.39 is 0 Å². The van der Waals surface area contributed by atoms with Crippen molar-refractivity contribution < 1.29 is 19.4 Å². The van der Waals surface area contributed by atoms with Crippen LogP contribution < -0.4 is 9.80 Å². The van der Waals surface area contributed by atoms with E-state index in [1.807, 2.05) is 67.6 Å². The number of ether oxygens (including phenoxy) is 2. The van der Waals surface area contributed by atoms with Gasteiger partial charge >= 0.3 is 0 Å². The Morgan fingerprint density at radius 2 is 1.40 bits per heavy atom. The lowest BCUT2D eigenvalue weighted by Gasteiger charge is -2.33. The molecule has 6 heteroatoms. The van der Waals surface area contributed by atoms with Gasteiger partial charge in [-0.2, -0.15) is 0 Å². The summed E-state index contributed by atoms with van der Waals surface area (Å²) in [6, 6.07) is 16.5. The maximum absolute atomic E-state index is 13.5. The molecule has 0 radical (unpaired) electrons. The van der Waals surface area contributed by atoms with E-state index in [-0.39, 0.29) is 34.0 Å². The summed E-state index contributed by atoms with van der Waals surface area (Å²) in [7, 11) is 6.08. The second-order valence-corrected chi connectivity index (χ2v) is 14.7. The first kappa shape index (κ1) is 33.6. The molecule has 0 fully saturated rings. The maximum atomic E-state index is 13.5. The predicted molar refractivity (Wildman–Crippen MR) is 194 cm³/mol. The molecule has 5 rings (SSSR count). The van der Waals surface area contributed by atoms with Crippen LogP contribution in [0, 0.1) is 10.8 Å². The number of anilines is 2. The fourth-order valence-electron chi connectivity index (χ4n) is 5.39. The molecule has 0 saturated heterocycles. The van der Waals surface area contributed by atoms with Gasteiger partial charge in [-0.25, -0.2) is 0 Å². The van der Waals surface area contributed by atoms with Gasteiger partial charge in [-0.3, -0.25) is 4.79 Å². The van der Waals surface area contributed by atoms with Crippen LogP contribution in [0.5, 0.6) is 0 Å². The van der Waals surface area contributed by atoms with Gasteiger partial charge in [-0.15, -0.1) is 0 Å². The molecule has 47 heavy (non-hydrogen) atoms. The number of hydrogen-bond acceptors (Lipinski definition) is 6. The van der Waals surface area contributed by atoms with Crippen molar-refractivity contribution in [1.82, 2.24) is 0 Å². The summed E-state index contributed by atoms with van der Waals surface area (Å²) in [6.45, 7) is 15.7. The van der Waals surface area contributed by atoms with Crippen LogP contribution in [0.3, 0.4) is 0 Å². The van der Waals surface area contributed by atoms with Crippen LogP contribution in [-0.2, 0) is 14.3 Å². The Hall–Kier alpha value is -4.71. The van der Waals surface area contributed by atoms with E-state index in [2.05, 4.69) is 84.7 Å². The van der Waals surface area contributed by atoms with Crippen molar-refractivity contribution in [2.75, 3.05) is 37.5 Å². The third kappa shape index (κ3) is 7.32. The molecule has 1 atom stereocenters. The van der Waals surface area contributed by atoms with Crippen molar-refractivity contribution in [2.24, 2.45) is 10.8 Å². The number of benzene rings is 2. The van der Waals surface area contributed by atoms with Crippen molar-refractivity contribution in [3.05, 3.63) is 130 Å². The van der Waals surface area contributed by atoms with E-state index in [9.17, 15) is 9.90 Å². The highest BCUT2D eigenvalue weighted by Gasteiger charge is 2.34. The number of Topliss-reactive ketones (excluding diaryl/α,β-unsaturated/α-hetero) is 1. The highest BCUT2D eigenvalue weighted by atomic mass is 16.5. The van der Waals surface area contributed by atoms with Crippen LogP contribution in [0.15, 0.2) is 119 Å². The van der Waals surface area contributed by atoms with Crippen molar-refractivity contribution in [3.63, 3.8) is 0 Å². The lowest BCUT2D eigenvalue weighted by molar-refractivity contribution is -0.113. The van der Waals surface area contributed by atoms with Crippen LogP contribution in [-0.4, -0.2) is 44.7 Å². The monoisotopic (exact) mass is 632 g/mol. The number of carbonyl (C=O) groups is 1. The van der Waals surface area contributed by atoms with Gasteiger partial charge in [0, 0.05) is 61.0 Å². The van der Waals surface area contributed by atoms with Crippen LogP contribution in [0.2, 0.25) is 0 Å². The number of aliphatic hydroxyl groups excluding tert-OH is 1. The van der Waals surface area contributed by atoms with Crippen molar-refractivity contribution in [1.29, 1.82) is 0 Å². The Bertz CT molecular complexity index is 1760. The van der Waals surface area contributed by atoms with Crippen LogP contribution in [0.1, 0.15) is 59.6 Å². The van der Waals surface area contributed by atoms with Gasteiger partial charge in [0.1, 0.15) is 29.1 Å². The minimum atomic E-state index is -0.261. The summed E-state index contributed by atoms with van der Waals surface area (Å²) in [5.41, 5.74) is 5.88. The first-order chi connectivity index (χ1) is 22.0. The Labute approximate surface area is 280 Å². The van der Waals surface area contributed by atoms with E-state index in [0.717, 1.165) is 51.7 Å². The van der Waals surface area contributed by atoms with Gasteiger partial charge < -0.3 is 24.4 Å². The standard InChI is InChI=1S/C41H48N2O4/c1-11-43(10)31-18-14-29(15-19-31)35-23-27(25-37(47-35)41(5,6)7)21-33-38(44)32(39(33)45)20-26-22-34(46-36(24-26)40(2,3)4)28-12-16-30(17-13-28)42(8)9/h12-25,37,44H,11H2,1-10H3/b26-20+,33-21?. The number of hydrogen-bond donors (Lipinski definition) is 1. The third-order valence-electron chi connectivity index (χ3n) is 8.66. The largest absolute Gasteiger partial charge is 0.506 e. The molecule has 2 aromatic carbocycles. The lowest BCUT2D eigenvalue weighted by Crippen LogP contribution is -2.29. The Morgan fingerprint density at radius 1 is 0.809 bits per heavy atom. The van der Waals surface area contributed by atoms with Gasteiger partial charge in [-0.1, -0.05) is 41.5 Å². The lowest BCUT2D eigenvalue weighted by atomic mass is 9.82. The number of ketones is 1. The number of nitrogens with zero attached hydrogens (tertiary/aromatic N) is 2. The molecule has 2 aliphatic heterocycles. The molecule has 1 unspecified atom stereocenters. The SMILES string of the molecule is CCN(C)c1ccc(C2=CC(C=C3C(=O)C(/C=C4\C=C(c5ccc(N(C)C)cc5)OC(C(C)(C)C)=C4)=C3O)=CC(C(C)(C)C)O2)cc1. The molecule has 1 N–H and O–H groups in total. The molecule has 0 saturated carbocycles. The van der Waals surface area contributed by atoms with E-state index in [4.69, 9.17) is 9.47 Å². The Balaban J connectivity index is 1.48. The fraction of sp³-hybridized carbons (Fsp3) is 0.341. The minimum Gasteiger partial charge on any atom is -0.506 e. The molecule has 1 aliphatic carbocycles. The molecule has 246 valence electrons. The summed E-state index contributed by atoms with van der Waals surface area (Å²) < 4.78 is 12.8. The molecule has 2 heterocycles. The molecule has 0 spiro atoms. The first-order valence-electron chi connectivity index (χ1n) is 16.3. The zero-order valence-electron chi connectivity index (χ0n) is 29.4. The fourth-order valence-corrected chi connectivity index (χ4v) is 5.39. The van der Waals surface area contributed by atoms with Crippen LogP contribution in [0.4, 0.5) is 11.4 Å². The quantitative estimate of drug-likeness (QED) is 0.307. The average Bonchev–Trinajstić information content (AvgIpc) is 3.04. The number of carbonyl (C=O) groups excluding carboxylic acids is 1. The van der Waals surface area contributed by atoms with Crippen molar-refractivity contribution in [3.8, 4) is 0 Å². The Morgan fingerprint density at radius 3 is 1.94 bits per heavy atom. The van der Waals surface area contributed by atoms with Gasteiger partial charge in [0.2, 0.25) is 5.78 Å². The summed E-state index contributed by atoms with van der Waals surface area (Å²) in [4.78, 5) is 17.7. The number of allylic oxidation sites excluding steroid dienone is 10. The first-order valence-corrected chi connectivity index (χ1v) is 16.3. The van der Waals surface area contributed by atoms with Crippen molar-refractivity contribution in [2.45, 2.75) is 54.6 Å². The highest BCUT2D eigenvalue weighted by Crippen LogP contribution is 2.40. The second kappa shape index (κ2) is 12.8.